The van der Waals surface area contributed by atoms with Crippen LogP contribution < -0.4 is 4.72 Å². The average molecular weight is 247 g/mol. The molecule has 0 aliphatic heterocycles. The zero-order valence-corrected chi connectivity index (χ0v) is 9.50. The van der Waals surface area contributed by atoms with Gasteiger partial charge in [0.2, 0.25) is 10.0 Å². The molecule has 0 aromatic heterocycles. The monoisotopic (exact) mass is 247 g/mol. The molecule has 0 spiro atoms. The van der Waals surface area contributed by atoms with Crippen molar-refractivity contribution in [2.24, 2.45) is 0 Å². The van der Waals surface area contributed by atoms with E-state index in [0.717, 1.165) is 5.56 Å². The number of benzene rings is 1. The first-order valence-corrected chi connectivity index (χ1v) is 6.51. The highest BCUT2D eigenvalue weighted by Gasteiger charge is 2.07. The highest BCUT2D eigenvalue weighted by Crippen LogP contribution is 2.03. The second kappa shape index (κ2) is 5.93. The molecule has 0 aliphatic carbocycles. The zero-order valence-electron chi connectivity index (χ0n) is 8.69. The van der Waals surface area contributed by atoms with E-state index in [2.05, 4.69) is 4.72 Å². The lowest BCUT2D eigenvalue weighted by atomic mass is 10.1. The van der Waals surface area contributed by atoms with Crippen LogP contribution in [0.25, 0.3) is 0 Å². The molecule has 0 atom stereocenters. The summed E-state index contributed by atoms with van der Waals surface area (Å²) >= 11 is 0. The third-order valence-corrected chi connectivity index (χ3v) is 3.35. The van der Waals surface area contributed by atoms with Crippen LogP contribution in [0.4, 0.5) is 4.39 Å². The van der Waals surface area contributed by atoms with Gasteiger partial charge < -0.3 is 5.11 Å². The highest BCUT2D eigenvalue weighted by atomic mass is 32.2. The number of hydrogen-bond acceptors (Lipinski definition) is 3. The van der Waals surface area contributed by atoms with Crippen molar-refractivity contribution in [3.05, 3.63) is 35.6 Å². The molecule has 0 radical (unpaired) electrons. The topological polar surface area (TPSA) is 66.4 Å². The average Bonchev–Trinajstić information content (AvgIpc) is 2.17. The molecule has 0 bridgehead atoms. The highest BCUT2D eigenvalue weighted by molar-refractivity contribution is 7.89. The van der Waals surface area contributed by atoms with Crippen molar-refractivity contribution in [1.82, 2.24) is 4.72 Å². The van der Waals surface area contributed by atoms with E-state index in [1.807, 2.05) is 0 Å². The molecule has 4 nitrogen and oxygen atoms in total. The second-order valence-electron chi connectivity index (χ2n) is 3.32. The summed E-state index contributed by atoms with van der Waals surface area (Å²) in [5.74, 6) is -0.647. The van der Waals surface area contributed by atoms with E-state index in [1.165, 1.54) is 12.1 Å². The first kappa shape index (κ1) is 13.1. The van der Waals surface area contributed by atoms with Crippen LogP contribution in [0.2, 0.25) is 0 Å². The number of nitrogens with one attached hydrogen (secondary N) is 1. The van der Waals surface area contributed by atoms with Crippen molar-refractivity contribution in [1.29, 1.82) is 0 Å². The summed E-state index contributed by atoms with van der Waals surface area (Å²) in [7, 11) is -3.41. The Labute approximate surface area is 94.2 Å². The van der Waals surface area contributed by atoms with Crippen molar-refractivity contribution in [2.45, 2.75) is 6.42 Å². The molecular formula is C10H14FNO3S. The molecular weight excluding hydrogens is 233 g/mol. The molecule has 16 heavy (non-hydrogen) atoms. The Morgan fingerprint density at radius 1 is 1.38 bits per heavy atom. The molecule has 0 saturated carbocycles. The third-order valence-electron chi connectivity index (χ3n) is 1.98. The van der Waals surface area contributed by atoms with Gasteiger partial charge in [-0.15, -0.1) is 0 Å². The van der Waals surface area contributed by atoms with Crippen LogP contribution in [0, 0.1) is 5.82 Å². The molecule has 0 fully saturated rings. The Balaban J connectivity index is 2.42. The summed E-state index contributed by atoms with van der Waals surface area (Å²) in [5.41, 5.74) is 0.728. The van der Waals surface area contributed by atoms with Gasteiger partial charge in [0.25, 0.3) is 0 Å². The van der Waals surface area contributed by atoms with E-state index in [4.69, 9.17) is 5.11 Å². The summed E-state index contributed by atoms with van der Waals surface area (Å²) in [5, 5.41) is 8.49. The Morgan fingerprint density at radius 2 is 2.12 bits per heavy atom. The van der Waals surface area contributed by atoms with Crippen molar-refractivity contribution in [2.75, 3.05) is 18.9 Å². The van der Waals surface area contributed by atoms with Crippen LogP contribution in [0.3, 0.4) is 0 Å². The molecule has 90 valence electrons. The molecule has 0 heterocycles. The van der Waals surface area contributed by atoms with E-state index in [0.29, 0.717) is 6.42 Å². The fourth-order valence-electron chi connectivity index (χ4n) is 1.24. The van der Waals surface area contributed by atoms with Crippen LogP contribution >= 0.6 is 0 Å². The van der Waals surface area contributed by atoms with Gasteiger partial charge in [-0.3, -0.25) is 0 Å². The number of hydrogen-bond donors (Lipinski definition) is 2. The molecule has 0 unspecified atom stereocenters. The maximum atomic E-state index is 12.8. The Bertz CT molecular complexity index is 433. The number of aliphatic hydroxyl groups excluding tert-OH is 1. The van der Waals surface area contributed by atoms with Crippen LogP contribution in [-0.2, 0) is 16.4 Å². The molecule has 6 heteroatoms. The predicted molar refractivity (Wildman–Crippen MR) is 59.0 cm³/mol. The third kappa shape index (κ3) is 4.69. The lowest BCUT2D eigenvalue weighted by Crippen LogP contribution is -2.29. The van der Waals surface area contributed by atoms with Gasteiger partial charge in [-0.25, -0.2) is 17.5 Å². The van der Waals surface area contributed by atoms with E-state index in [9.17, 15) is 12.8 Å². The van der Waals surface area contributed by atoms with Gasteiger partial charge in [-0.2, -0.15) is 0 Å². The lowest BCUT2D eigenvalue weighted by Gasteiger charge is -2.05. The predicted octanol–water partition coefficient (Wildman–Crippen LogP) is 0.280. The Kier molecular flexibility index (Phi) is 4.85. The van der Waals surface area contributed by atoms with Crippen LogP contribution in [0.5, 0.6) is 0 Å². The van der Waals surface area contributed by atoms with Crippen molar-refractivity contribution in [3.8, 4) is 0 Å². The van der Waals surface area contributed by atoms with E-state index >= 15 is 0 Å². The van der Waals surface area contributed by atoms with Gasteiger partial charge in [-0.05, 0) is 24.1 Å². The number of sulfonamides is 1. The molecule has 2 N–H and O–H groups in total. The molecule has 1 aromatic rings. The van der Waals surface area contributed by atoms with E-state index in [-0.39, 0.29) is 18.1 Å². The van der Waals surface area contributed by atoms with Gasteiger partial charge in [0.05, 0.1) is 12.4 Å². The molecule has 0 saturated heterocycles. The van der Waals surface area contributed by atoms with Crippen molar-refractivity contribution >= 4 is 10.0 Å². The molecule has 1 aromatic carbocycles. The van der Waals surface area contributed by atoms with Crippen LogP contribution in [0.15, 0.2) is 24.3 Å². The normalized spacial score (nSPS) is 11.6. The van der Waals surface area contributed by atoms with Gasteiger partial charge in [0.1, 0.15) is 5.82 Å². The maximum Gasteiger partial charge on any atom is 0.213 e. The summed E-state index contributed by atoms with van der Waals surface area (Å²) in [4.78, 5) is 0. The summed E-state index contributed by atoms with van der Waals surface area (Å²) in [6.07, 6.45) is 0.419. The SMILES string of the molecule is O=S(=O)(CCO)NCCc1cccc(F)c1. The number of halogens is 1. The standard InChI is InChI=1S/C10H14FNO3S/c11-10-3-1-2-9(8-10)4-5-12-16(14,15)7-6-13/h1-3,8,12-13H,4-7H2. The summed E-state index contributed by atoms with van der Waals surface area (Å²) in [6.45, 7) is -0.207. The van der Waals surface area contributed by atoms with Gasteiger partial charge in [-0.1, -0.05) is 12.1 Å². The fraction of sp³-hybridized carbons (Fsp3) is 0.400. The summed E-state index contributed by atoms with van der Waals surface area (Å²) < 4.78 is 37.4. The second-order valence-corrected chi connectivity index (χ2v) is 5.24. The van der Waals surface area contributed by atoms with E-state index < -0.39 is 16.6 Å². The molecule has 0 amide bonds. The minimum absolute atomic E-state index is 0.200. The van der Waals surface area contributed by atoms with Crippen molar-refractivity contribution < 1.29 is 17.9 Å². The number of rotatable bonds is 6. The van der Waals surface area contributed by atoms with Crippen molar-refractivity contribution in [3.63, 3.8) is 0 Å². The van der Waals surface area contributed by atoms with Gasteiger partial charge in [0.15, 0.2) is 0 Å². The molecule has 0 aliphatic rings. The maximum absolute atomic E-state index is 12.8. The van der Waals surface area contributed by atoms with E-state index in [1.54, 1.807) is 12.1 Å². The number of aliphatic hydroxyl groups is 1. The van der Waals surface area contributed by atoms with Crippen LogP contribution in [-0.4, -0.2) is 32.4 Å². The first-order valence-electron chi connectivity index (χ1n) is 4.86. The van der Waals surface area contributed by atoms with Gasteiger partial charge in [0, 0.05) is 6.54 Å². The smallest absolute Gasteiger partial charge is 0.213 e. The largest absolute Gasteiger partial charge is 0.395 e. The fourth-order valence-corrected chi connectivity index (χ4v) is 2.03. The quantitative estimate of drug-likeness (QED) is 0.759. The minimum atomic E-state index is -3.41. The summed E-state index contributed by atoms with van der Waals surface area (Å²) in [6, 6.07) is 6.00. The Hall–Kier alpha value is -0.980. The van der Waals surface area contributed by atoms with Gasteiger partial charge >= 0.3 is 0 Å². The first-order chi connectivity index (χ1) is 7.53. The minimum Gasteiger partial charge on any atom is -0.395 e. The lowest BCUT2D eigenvalue weighted by molar-refractivity contribution is 0.319. The zero-order chi connectivity index (χ0) is 12.0. The van der Waals surface area contributed by atoms with Crippen LogP contribution in [0.1, 0.15) is 5.56 Å². The Morgan fingerprint density at radius 3 is 2.75 bits per heavy atom. The molecule has 1 rings (SSSR count).